The molecule has 1 saturated heterocycles. The highest BCUT2D eigenvalue weighted by Gasteiger charge is 2.16. The van der Waals surface area contributed by atoms with Gasteiger partial charge in [0.05, 0.1) is 6.61 Å². The van der Waals surface area contributed by atoms with Gasteiger partial charge in [-0.05, 0) is 75.8 Å². The normalized spacial score (nSPS) is 19.0. The fraction of sp³-hybridized carbons (Fsp3) is 0.562. The summed E-state index contributed by atoms with van der Waals surface area (Å²) in [7, 11) is 2.18. The van der Waals surface area contributed by atoms with Crippen molar-refractivity contribution in [2.75, 3.05) is 38.6 Å². The third-order valence-corrected chi connectivity index (χ3v) is 3.94. The summed E-state index contributed by atoms with van der Waals surface area (Å²) in [4.78, 5) is 2.39. The Morgan fingerprint density at radius 1 is 1.38 bits per heavy atom. The van der Waals surface area contributed by atoms with Gasteiger partial charge in [0.25, 0.3) is 0 Å². The van der Waals surface area contributed by atoms with Crippen molar-refractivity contribution in [3.63, 3.8) is 0 Å². The summed E-state index contributed by atoms with van der Waals surface area (Å²) in [6.45, 7) is 5.97. The molecular weight excluding hydrogens is 282 g/mol. The van der Waals surface area contributed by atoms with Crippen molar-refractivity contribution in [2.45, 2.75) is 19.8 Å². The number of anilines is 1. The molecule has 1 aliphatic rings. The van der Waals surface area contributed by atoms with E-state index in [2.05, 4.69) is 22.6 Å². The highest BCUT2D eigenvalue weighted by molar-refractivity contribution is 7.80. The predicted molar refractivity (Wildman–Crippen MR) is 92.1 cm³/mol. The number of likely N-dealkylation sites (tertiary alicyclic amines) is 1. The van der Waals surface area contributed by atoms with E-state index in [1.165, 1.54) is 19.4 Å². The van der Waals surface area contributed by atoms with Crippen molar-refractivity contribution in [1.82, 2.24) is 10.2 Å². The second-order valence-corrected chi connectivity index (χ2v) is 5.97. The average molecular weight is 307 g/mol. The van der Waals surface area contributed by atoms with Gasteiger partial charge in [-0.1, -0.05) is 0 Å². The fourth-order valence-corrected chi connectivity index (χ4v) is 2.85. The van der Waals surface area contributed by atoms with E-state index in [-0.39, 0.29) is 0 Å². The van der Waals surface area contributed by atoms with Crippen LogP contribution < -0.4 is 15.4 Å². The number of hydrogen-bond acceptors (Lipinski definition) is 3. The molecule has 0 aliphatic carbocycles. The zero-order chi connectivity index (χ0) is 15.1. The van der Waals surface area contributed by atoms with Crippen LogP contribution in [0.5, 0.6) is 5.75 Å². The second kappa shape index (κ2) is 8.20. The lowest BCUT2D eigenvalue weighted by Gasteiger charge is -2.30. The van der Waals surface area contributed by atoms with Gasteiger partial charge in [0.1, 0.15) is 5.75 Å². The summed E-state index contributed by atoms with van der Waals surface area (Å²) in [5.74, 6) is 1.57. The Morgan fingerprint density at radius 2 is 2.14 bits per heavy atom. The van der Waals surface area contributed by atoms with Crippen LogP contribution in [0.4, 0.5) is 5.69 Å². The van der Waals surface area contributed by atoms with Crippen LogP contribution in [0.25, 0.3) is 0 Å². The zero-order valence-electron chi connectivity index (χ0n) is 12.9. The molecule has 1 aromatic carbocycles. The number of ether oxygens (including phenoxy) is 1. The molecule has 0 bridgehead atoms. The maximum Gasteiger partial charge on any atom is 0.170 e. The summed E-state index contributed by atoms with van der Waals surface area (Å²) < 4.78 is 5.42. The number of nitrogens with one attached hydrogen (secondary N) is 2. The zero-order valence-corrected chi connectivity index (χ0v) is 13.7. The molecule has 5 heteroatoms. The maximum absolute atomic E-state index is 5.42. The van der Waals surface area contributed by atoms with Crippen LogP contribution in [0, 0.1) is 5.92 Å². The van der Waals surface area contributed by atoms with E-state index < -0.39 is 0 Å². The first-order valence-electron chi connectivity index (χ1n) is 7.63. The van der Waals surface area contributed by atoms with Crippen molar-refractivity contribution < 1.29 is 4.74 Å². The lowest BCUT2D eigenvalue weighted by atomic mass is 9.99. The van der Waals surface area contributed by atoms with Crippen LogP contribution in [-0.2, 0) is 0 Å². The Labute approximate surface area is 132 Å². The molecule has 0 spiro atoms. The Kier molecular flexibility index (Phi) is 6.26. The molecule has 0 saturated carbocycles. The van der Waals surface area contributed by atoms with E-state index in [1.807, 2.05) is 31.2 Å². The van der Waals surface area contributed by atoms with Gasteiger partial charge in [-0.25, -0.2) is 0 Å². The summed E-state index contributed by atoms with van der Waals surface area (Å²) in [6, 6.07) is 7.86. The number of benzene rings is 1. The second-order valence-electron chi connectivity index (χ2n) is 5.56. The molecule has 1 atom stereocenters. The van der Waals surface area contributed by atoms with Gasteiger partial charge in [0.15, 0.2) is 5.11 Å². The molecule has 0 aromatic heterocycles. The first kappa shape index (κ1) is 16.0. The lowest BCUT2D eigenvalue weighted by molar-refractivity contribution is 0.211. The van der Waals surface area contributed by atoms with E-state index in [1.54, 1.807) is 0 Å². The monoisotopic (exact) mass is 307 g/mol. The van der Waals surface area contributed by atoms with Gasteiger partial charge >= 0.3 is 0 Å². The van der Waals surface area contributed by atoms with Gasteiger partial charge in [0, 0.05) is 18.8 Å². The summed E-state index contributed by atoms with van der Waals surface area (Å²) in [5.41, 5.74) is 0.983. The molecule has 0 amide bonds. The molecule has 116 valence electrons. The van der Waals surface area contributed by atoms with Crippen molar-refractivity contribution in [2.24, 2.45) is 5.92 Å². The van der Waals surface area contributed by atoms with Crippen LogP contribution in [0.1, 0.15) is 19.8 Å². The summed E-state index contributed by atoms with van der Waals surface area (Å²) in [5, 5.41) is 7.22. The largest absolute Gasteiger partial charge is 0.494 e. The first-order chi connectivity index (χ1) is 10.2. The molecule has 1 aliphatic heterocycles. The molecule has 0 radical (unpaired) electrons. The molecule has 2 rings (SSSR count). The van der Waals surface area contributed by atoms with Gasteiger partial charge in [-0.2, -0.15) is 0 Å². The van der Waals surface area contributed by atoms with Crippen molar-refractivity contribution in [1.29, 1.82) is 0 Å². The minimum absolute atomic E-state index is 0.683. The third kappa shape index (κ3) is 5.52. The van der Waals surface area contributed by atoms with Crippen LogP contribution in [0.3, 0.4) is 0 Å². The van der Waals surface area contributed by atoms with Gasteiger partial charge in [-0.3, -0.25) is 0 Å². The van der Waals surface area contributed by atoms with E-state index in [9.17, 15) is 0 Å². The van der Waals surface area contributed by atoms with Crippen LogP contribution >= 0.6 is 12.2 Å². The molecule has 21 heavy (non-hydrogen) atoms. The molecule has 4 nitrogen and oxygen atoms in total. The van der Waals surface area contributed by atoms with Crippen molar-refractivity contribution in [3.05, 3.63) is 24.3 Å². The standard InChI is InChI=1S/C16H25N3OS/c1-3-20-15-8-6-14(7-9-15)18-16(21)17-11-13-5-4-10-19(2)12-13/h6-9,13H,3-5,10-12H2,1-2H3,(H2,17,18,21)/t13-/m1/s1. The summed E-state index contributed by atoms with van der Waals surface area (Å²) in [6.07, 6.45) is 2.56. The first-order valence-corrected chi connectivity index (χ1v) is 8.04. The van der Waals surface area contributed by atoms with Crippen molar-refractivity contribution in [3.8, 4) is 5.75 Å². The topological polar surface area (TPSA) is 36.5 Å². The SMILES string of the molecule is CCOc1ccc(NC(=S)NC[C@H]2CCCN(C)C2)cc1. The van der Waals surface area contributed by atoms with E-state index in [4.69, 9.17) is 17.0 Å². The molecule has 1 aromatic rings. The minimum atomic E-state index is 0.683. The maximum atomic E-state index is 5.42. The summed E-state index contributed by atoms with van der Waals surface area (Å²) >= 11 is 5.35. The van der Waals surface area contributed by atoms with E-state index in [0.29, 0.717) is 17.6 Å². The van der Waals surface area contributed by atoms with Gasteiger partial charge in [0.2, 0.25) is 0 Å². The minimum Gasteiger partial charge on any atom is -0.494 e. The van der Waals surface area contributed by atoms with Crippen LogP contribution in [0.2, 0.25) is 0 Å². The Hall–Kier alpha value is -1.33. The van der Waals surface area contributed by atoms with Gasteiger partial charge in [-0.15, -0.1) is 0 Å². The Bertz CT molecular complexity index is 449. The molecule has 1 heterocycles. The van der Waals surface area contributed by atoms with Crippen molar-refractivity contribution >= 4 is 23.0 Å². The predicted octanol–water partition coefficient (Wildman–Crippen LogP) is 2.71. The molecule has 1 fully saturated rings. The third-order valence-electron chi connectivity index (χ3n) is 3.70. The molecule has 0 unspecified atom stereocenters. The van der Waals surface area contributed by atoms with E-state index >= 15 is 0 Å². The molecular formula is C16H25N3OS. The number of rotatable bonds is 5. The number of piperidine rings is 1. The average Bonchev–Trinajstić information content (AvgIpc) is 2.48. The number of thiocarbonyl (C=S) groups is 1. The highest BCUT2D eigenvalue weighted by Crippen LogP contribution is 2.16. The van der Waals surface area contributed by atoms with Crippen LogP contribution in [-0.4, -0.2) is 43.3 Å². The van der Waals surface area contributed by atoms with Crippen LogP contribution in [0.15, 0.2) is 24.3 Å². The number of hydrogen-bond donors (Lipinski definition) is 2. The Morgan fingerprint density at radius 3 is 2.81 bits per heavy atom. The fourth-order valence-electron chi connectivity index (χ4n) is 2.65. The molecule has 2 N–H and O–H groups in total. The quantitative estimate of drug-likeness (QED) is 0.818. The van der Waals surface area contributed by atoms with Gasteiger partial charge < -0.3 is 20.3 Å². The highest BCUT2D eigenvalue weighted by atomic mass is 32.1. The van der Waals surface area contributed by atoms with E-state index in [0.717, 1.165) is 24.5 Å². The Balaban J connectivity index is 1.73. The lowest BCUT2D eigenvalue weighted by Crippen LogP contribution is -2.40. The number of nitrogens with zero attached hydrogens (tertiary/aromatic N) is 1. The smallest absolute Gasteiger partial charge is 0.170 e.